The SMILES string of the molecule is CCN(CC)c1ccc(-n2nc3nc(N(CC)CC)nc(Cl)c3n2)cc1. The van der Waals surface area contributed by atoms with Crippen molar-refractivity contribution < 1.29 is 0 Å². The Morgan fingerprint density at radius 3 is 2.04 bits per heavy atom. The molecule has 26 heavy (non-hydrogen) atoms. The van der Waals surface area contributed by atoms with E-state index >= 15 is 0 Å². The van der Waals surface area contributed by atoms with Crippen LogP contribution < -0.4 is 9.80 Å². The number of fused-ring (bicyclic) bond motifs is 1. The van der Waals surface area contributed by atoms with E-state index in [1.54, 1.807) is 4.80 Å². The molecule has 0 bridgehead atoms. The first-order valence-electron chi connectivity index (χ1n) is 9.02. The van der Waals surface area contributed by atoms with Gasteiger partial charge in [0, 0.05) is 31.9 Å². The van der Waals surface area contributed by atoms with Crippen LogP contribution in [0.15, 0.2) is 24.3 Å². The van der Waals surface area contributed by atoms with Crippen LogP contribution in [-0.4, -0.2) is 51.1 Å². The second-order valence-electron chi connectivity index (χ2n) is 5.84. The first-order valence-corrected chi connectivity index (χ1v) is 9.39. The van der Waals surface area contributed by atoms with E-state index in [0.29, 0.717) is 22.3 Å². The molecule has 2 heterocycles. The third-order valence-corrected chi connectivity index (χ3v) is 4.71. The molecule has 3 aromatic rings. The van der Waals surface area contributed by atoms with Crippen LogP contribution in [-0.2, 0) is 0 Å². The van der Waals surface area contributed by atoms with Crippen molar-refractivity contribution in [2.24, 2.45) is 0 Å². The van der Waals surface area contributed by atoms with E-state index < -0.39 is 0 Å². The van der Waals surface area contributed by atoms with Gasteiger partial charge in [0.25, 0.3) is 0 Å². The van der Waals surface area contributed by atoms with Gasteiger partial charge in [-0.1, -0.05) is 11.6 Å². The summed E-state index contributed by atoms with van der Waals surface area (Å²) in [7, 11) is 0. The first kappa shape index (κ1) is 18.4. The number of hydrogen-bond acceptors (Lipinski definition) is 6. The zero-order valence-corrected chi connectivity index (χ0v) is 16.4. The van der Waals surface area contributed by atoms with Crippen LogP contribution in [0.3, 0.4) is 0 Å². The van der Waals surface area contributed by atoms with Gasteiger partial charge in [0.15, 0.2) is 10.7 Å². The summed E-state index contributed by atoms with van der Waals surface area (Å²) in [4.78, 5) is 14.8. The van der Waals surface area contributed by atoms with Gasteiger partial charge in [-0.05, 0) is 52.0 Å². The fraction of sp³-hybridized carbons (Fsp3) is 0.444. The molecule has 1 aromatic carbocycles. The fourth-order valence-electron chi connectivity index (χ4n) is 2.92. The number of halogens is 1. The summed E-state index contributed by atoms with van der Waals surface area (Å²) in [6.45, 7) is 12.0. The fourth-order valence-corrected chi connectivity index (χ4v) is 3.11. The lowest BCUT2D eigenvalue weighted by Gasteiger charge is -2.20. The third kappa shape index (κ3) is 3.44. The van der Waals surface area contributed by atoms with Gasteiger partial charge in [-0.2, -0.15) is 9.97 Å². The average molecular weight is 374 g/mol. The molecular weight excluding hydrogens is 350 g/mol. The van der Waals surface area contributed by atoms with Gasteiger partial charge in [0.1, 0.15) is 0 Å². The van der Waals surface area contributed by atoms with E-state index in [0.717, 1.165) is 31.9 Å². The largest absolute Gasteiger partial charge is 0.372 e. The lowest BCUT2D eigenvalue weighted by Crippen LogP contribution is -2.24. The molecule has 0 N–H and O–H groups in total. The number of benzene rings is 1. The van der Waals surface area contributed by atoms with Crippen molar-refractivity contribution in [2.45, 2.75) is 27.7 Å². The smallest absolute Gasteiger partial charge is 0.229 e. The van der Waals surface area contributed by atoms with Gasteiger partial charge in [-0.15, -0.1) is 15.0 Å². The predicted octanol–water partition coefficient (Wildman–Crippen LogP) is 3.56. The van der Waals surface area contributed by atoms with E-state index in [4.69, 9.17) is 11.6 Å². The summed E-state index contributed by atoms with van der Waals surface area (Å²) in [5.41, 5.74) is 3.05. The number of aromatic nitrogens is 5. The molecule has 3 rings (SSSR count). The Morgan fingerprint density at radius 2 is 1.46 bits per heavy atom. The van der Waals surface area contributed by atoms with Crippen LogP contribution >= 0.6 is 11.6 Å². The Morgan fingerprint density at radius 1 is 0.846 bits per heavy atom. The molecule has 0 unspecified atom stereocenters. The summed E-state index contributed by atoms with van der Waals surface area (Å²) in [6.07, 6.45) is 0. The third-order valence-electron chi connectivity index (χ3n) is 4.45. The molecule has 0 radical (unpaired) electrons. The van der Waals surface area contributed by atoms with E-state index in [1.165, 1.54) is 5.69 Å². The molecule has 7 nitrogen and oxygen atoms in total. The van der Waals surface area contributed by atoms with E-state index in [-0.39, 0.29) is 0 Å². The van der Waals surface area contributed by atoms with Crippen molar-refractivity contribution >= 4 is 34.4 Å². The summed E-state index contributed by atoms with van der Waals surface area (Å²) in [6, 6.07) is 8.15. The van der Waals surface area contributed by atoms with Crippen molar-refractivity contribution in [3.63, 3.8) is 0 Å². The summed E-state index contributed by atoms with van der Waals surface area (Å²) in [5.74, 6) is 0.580. The highest BCUT2D eigenvalue weighted by Crippen LogP contribution is 2.22. The maximum absolute atomic E-state index is 6.33. The first-order chi connectivity index (χ1) is 12.6. The summed E-state index contributed by atoms with van der Waals surface area (Å²) >= 11 is 6.33. The summed E-state index contributed by atoms with van der Waals surface area (Å²) < 4.78 is 0. The second kappa shape index (κ2) is 7.86. The Balaban J connectivity index is 1.97. The molecule has 0 aliphatic heterocycles. The number of rotatable bonds is 7. The molecule has 0 aliphatic rings. The zero-order valence-electron chi connectivity index (χ0n) is 15.6. The molecule has 0 saturated heterocycles. The van der Waals surface area contributed by atoms with Gasteiger partial charge in [-0.25, -0.2) is 0 Å². The molecule has 2 aromatic heterocycles. The highest BCUT2D eigenvalue weighted by molar-refractivity contribution is 6.33. The van der Waals surface area contributed by atoms with Crippen molar-refractivity contribution in [3.05, 3.63) is 29.4 Å². The van der Waals surface area contributed by atoms with Crippen molar-refractivity contribution in [3.8, 4) is 5.69 Å². The maximum atomic E-state index is 6.33. The lowest BCUT2D eigenvalue weighted by molar-refractivity contribution is 0.762. The quantitative estimate of drug-likeness (QED) is 0.590. The number of hydrogen-bond donors (Lipinski definition) is 0. The monoisotopic (exact) mass is 373 g/mol. The highest BCUT2D eigenvalue weighted by Gasteiger charge is 2.15. The number of anilines is 2. The Labute approximate surface area is 158 Å². The van der Waals surface area contributed by atoms with Gasteiger partial charge in [0.2, 0.25) is 11.6 Å². The molecule has 138 valence electrons. The Kier molecular flexibility index (Phi) is 5.56. The molecule has 0 spiro atoms. The minimum atomic E-state index is 0.322. The normalized spacial score (nSPS) is 11.1. The van der Waals surface area contributed by atoms with Crippen molar-refractivity contribution in [1.29, 1.82) is 0 Å². The molecule has 0 atom stereocenters. The molecule has 0 saturated carbocycles. The Hall–Kier alpha value is -2.41. The molecule has 0 amide bonds. The molecule has 0 fully saturated rings. The standard InChI is InChI=1S/C18H24ClN7/c1-5-24(6-2)13-9-11-14(12-10-13)26-22-15-16(19)20-18(21-17(15)23-26)25(7-3)8-4/h9-12H,5-8H2,1-4H3. The Bertz CT molecular complexity index is 867. The van der Waals surface area contributed by atoms with Gasteiger partial charge < -0.3 is 9.80 Å². The minimum Gasteiger partial charge on any atom is -0.372 e. The maximum Gasteiger partial charge on any atom is 0.229 e. The summed E-state index contributed by atoms with van der Waals surface area (Å²) in [5, 5.41) is 9.29. The van der Waals surface area contributed by atoms with Crippen LogP contribution in [0.5, 0.6) is 0 Å². The van der Waals surface area contributed by atoms with Crippen molar-refractivity contribution in [1.82, 2.24) is 25.0 Å². The molecule has 8 heteroatoms. The van der Waals surface area contributed by atoms with Crippen LogP contribution in [0.25, 0.3) is 16.9 Å². The van der Waals surface area contributed by atoms with Gasteiger partial charge in [-0.3, -0.25) is 0 Å². The van der Waals surface area contributed by atoms with Crippen molar-refractivity contribution in [2.75, 3.05) is 36.0 Å². The van der Waals surface area contributed by atoms with E-state index in [9.17, 15) is 0 Å². The van der Waals surface area contributed by atoms with Crippen LogP contribution in [0, 0.1) is 0 Å². The minimum absolute atomic E-state index is 0.322. The van der Waals surface area contributed by atoms with Crippen LogP contribution in [0.4, 0.5) is 11.6 Å². The lowest BCUT2D eigenvalue weighted by atomic mass is 10.2. The van der Waals surface area contributed by atoms with Crippen LogP contribution in [0.1, 0.15) is 27.7 Å². The second-order valence-corrected chi connectivity index (χ2v) is 6.20. The average Bonchev–Trinajstić information content (AvgIpc) is 3.09. The predicted molar refractivity (Wildman–Crippen MR) is 107 cm³/mol. The molecular formula is C18H24ClN7. The zero-order chi connectivity index (χ0) is 18.7. The van der Waals surface area contributed by atoms with Gasteiger partial charge >= 0.3 is 0 Å². The van der Waals surface area contributed by atoms with E-state index in [1.807, 2.05) is 17.0 Å². The highest BCUT2D eigenvalue weighted by atomic mass is 35.5. The van der Waals surface area contributed by atoms with E-state index in [2.05, 4.69) is 64.9 Å². The van der Waals surface area contributed by atoms with Gasteiger partial charge in [0.05, 0.1) is 5.69 Å². The molecule has 0 aliphatic carbocycles. The number of nitrogens with zero attached hydrogens (tertiary/aromatic N) is 7. The topological polar surface area (TPSA) is 63.0 Å². The van der Waals surface area contributed by atoms with Crippen LogP contribution in [0.2, 0.25) is 5.15 Å².